The molecule has 0 fully saturated rings. The largest absolute Gasteiger partial charge is 0.337 e. The maximum absolute atomic E-state index is 14.0. The van der Waals surface area contributed by atoms with Crippen LogP contribution < -0.4 is 0 Å². The molecule has 3 heterocycles. The molecule has 0 spiro atoms. The van der Waals surface area contributed by atoms with Crippen molar-refractivity contribution in [1.29, 1.82) is 0 Å². The van der Waals surface area contributed by atoms with Gasteiger partial charge in [0.25, 0.3) is 5.91 Å². The summed E-state index contributed by atoms with van der Waals surface area (Å²) < 4.78 is 52.6. The summed E-state index contributed by atoms with van der Waals surface area (Å²) in [5.74, 6) is -2.39. The molecule has 1 aliphatic heterocycles. The number of halogens is 2. The Morgan fingerprint density at radius 1 is 0.971 bits per heavy atom. The van der Waals surface area contributed by atoms with Gasteiger partial charge in [-0.05, 0) is 59.2 Å². The van der Waals surface area contributed by atoms with Crippen LogP contribution in [-0.2, 0) is 22.1 Å². The second kappa shape index (κ2) is 8.41. The molecule has 2 aromatic heterocycles. The molecule has 0 saturated carbocycles. The fourth-order valence-corrected chi connectivity index (χ4v) is 6.36. The van der Waals surface area contributed by atoms with Crippen LogP contribution in [0.4, 0.5) is 8.78 Å². The summed E-state index contributed by atoms with van der Waals surface area (Å²) in [5, 5.41) is 0. The van der Waals surface area contributed by atoms with Gasteiger partial charge in [-0.25, -0.2) is 17.2 Å². The molecule has 4 aromatic rings. The van der Waals surface area contributed by atoms with Gasteiger partial charge in [0.2, 0.25) is 0 Å². The Hall–Kier alpha value is -3.43. The number of hydrogen-bond donors (Lipinski definition) is 0. The van der Waals surface area contributed by atoms with E-state index in [1.54, 1.807) is 24.2 Å². The minimum Gasteiger partial charge on any atom is -0.337 e. The maximum Gasteiger partial charge on any atom is 0.254 e. The number of carbonyl (C=O) groups excluding carboxylic acids is 1. The van der Waals surface area contributed by atoms with Crippen LogP contribution >= 0.6 is 11.3 Å². The van der Waals surface area contributed by atoms with Gasteiger partial charge in [-0.1, -0.05) is 6.07 Å². The summed E-state index contributed by atoms with van der Waals surface area (Å²) in [5.41, 5.74) is 3.84. The molecule has 1 aliphatic rings. The number of sulfone groups is 1. The van der Waals surface area contributed by atoms with Crippen molar-refractivity contribution >= 4 is 27.1 Å². The number of nitrogens with zero attached hydrogens (tertiary/aromatic N) is 2. The Balaban J connectivity index is 1.41. The summed E-state index contributed by atoms with van der Waals surface area (Å²) in [7, 11) is -2.25. The Labute approximate surface area is 199 Å². The van der Waals surface area contributed by atoms with Crippen molar-refractivity contribution < 1.29 is 22.0 Å². The molecule has 1 amide bonds. The highest BCUT2D eigenvalue weighted by atomic mass is 32.2. The molecule has 0 radical (unpaired) electrons. The van der Waals surface area contributed by atoms with E-state index in [1.807, 2.05) is 30.3 Å². The molecule has 0 aliphatic carbocycles. The van der Waals surface area contributed by atoms with Crippen LogP contribution in [0.5, 0.6) is 0 Å². The first-order valence-corrected chi connectivity index (χ1v) is 12.8. The minimum absolute atomic E-state index is 0.0202. The van der Waals surface area contributed by atoms with Crippen LogP contribution in [0.3, 0.4) is 0 Å². The number of thiophene rings is 1. The predicted molar refractivity (Wildman–Crippen MR) is 126 cm³/mol. The zero-order valence-corrected chi connectivity index (χ0v) is 19.6. The molecule has 0 bridgehead atoms. The predicted octanol–water partition coefficient (Wildman–Crippen LogP) is 5.31. The summed E-state index contributed by atoms with van der Waals surface area (Å²) >= 11 is 1.52. The van der Waals surface area contributed by atoms with Crippen LogP contribution in [0.25, 0.3) is 20.9 Å². The van der Waals surface area contributed by atoms with Gasteiger partial charge in [-0.2, -0.15) is 0 Å². The Bertz CT molecular complexity index is 1550. The van der Waals surface area contributed by atoms with Crippen LogP contribution in [0.1, 0.15) is 21.5 Å². The lowest BCUT2D eigenvalue weighted by Crippen LogP contribution is -2.17. The second-order valence-electron chi connectivity index (χ2n) is 8.11. The zero-order chi connectivity index (χ0) is 24.0. The summed E-state index contributed by atoms with van der Waals surface area (Å²) in [6, 6.07) is 13.8. The van der Waals surface area contributed by atoms with Gasteiger partial charge in [0.15, 0.2) is 9.84 Å². The summed E-state index contributed by atoms with van der Waals surface area (Å²) in [6.07, 6.45) is 3.06. The average Bonchev–Trinajstić information content (AvgIpc) is 3.38. The summed E-state index contributed by atoms with van der Waals surface area (Å²) in [4.78, 5) is 19.3. The normalized spacial score (nSPS) is 13.4. The third-order valence-electron chi connectivity index (χ3n) is 5.65. The first-order valence-electron chi connectivity index (χ1n) is 10.3. The number of aromatic nitrogens is 1. The molecule has 2 aromatic carbocycles. The van der Waals surface area contributed by atoms with Gasteiger partial charge in [-0.15, -0.1) is 11.3 Å². The monoisotopic (exact) mass is 496 g/mol. The van der Waals surface area contributed by atoms with Crippen LogP contribution in [0.2, 0.25) is 0 Å². The molecule has 0 N–H and O–H groups in total. The molecule has 172 valence electrons. The highest BCUT2D eigenvalue weighted by molar-refractivity contribution is 7.90. The van der Waals surface area contributed by atoms with Gasteiger partial charge in [-0.3, -0.25) is 9.78 Å². The molecular weight excluding hydrogens is 478 g/mol. The number of amides is 1. The SMILES string of the molecule is CN1Cc2cc(-c3ccc(-c4cncc(CS(=O)(=O)c5ccc(F)cc5F)c4)s3)ccc2C1=O. The van der Waals surface area contributed by atoms with Gasteiger partial charge in [0, 0.05) is 52.9 Å². The Kier molecular flexibility index (Phi) is 5.53. The summed E-state index contributed by atoms with van der Waals surface area (Å²) in [6.45, 7) is 0.579. The number of carbonyl (C=O) groups is 1. The van der Waals surface area contributed by atoms with Crippen LogP contribution in [0.15, 0.2) is 71.9 Å². The highest BCUT2D eigenvalue weighted by Gasteiger charge is 2.25. The minimum atomic E-state index is -4.02. The Morgan fingerprint density at radius 2 is 1.74 bits per heavy atom. The Morgan fingerprint density at radius 3 is 2.50 bits per heavy atom. The van der Waals surface area contributed by atoms with E-state index in [9.17, 15) is 22.0 Å². The molecule has 0 atom stereocenters. The van der Waals surface area contributed by atoms with Crippen molar-refractivity contribution in [3.05, 3.63) is 95.3 Å². The standard InChI is InChI=1S/C25H18F2N2O3S2/c1-29-13-18-9-16(2-4-20(18)25(29)30)22-5-6-23(33-22)17-8-15(11-28-12-17)14-34(31,32)24-7-3-19(26)10-21(24)27/h2-12H,13-14H2,1H3. The quantitative estimate of drug-likeness (QED) is 0.351. The topological polar surface area (TPSA) is 67.3 Å². The molecule has 5 rings (SSSR count). The van der Waals surface area contributed by atoms with E-state index in [0.29, 0.717) is 18.2 Å². The second-order valence-corrected chi connectivity index (χ2v) is 11.2. The smallest absolute Gasteiger partial charge is 0.254 e. The third-order valence-corrected chi connectivity index (χ3v) is 8.54. The molecule has 5 nitrogen and oxygen atoms in total. The van der Waals surface area contributed by atoms with Gasteiger partial charge < -0.3 is 4.90 Å². The molecule has 0 unspecified atom stereocenters. The fraction of sp³-hybridized carbons (Fsp3) is 0.120. The van der Waals surface area contributed by atoms with E-state index in [0.717, 1.165) is 44.1 Å². The maximum atomic E-state index is 14.0. The highest BCUT2D eigenvalue weighted by Crippen LogP contribution is 2.36. The number of hydrogen-bond acceptors (Lipinski definition) is 5. The number of benzene rings is 2. The zero-order valence-electron chi connectivity index (χ0n) is 18.0. The number of pyridine rings is 1. The van der Waals surface area contributed by atoms with E-state index in [2.05, 4.69) is 4.98 Å². The van der Waals surface area contributed by atoms with E-state index >= 15 is 0 Å². The van der Waals surface area contributed by atoms with Crippen molar-refractivity contribution in [2.75, 3.05) is 7.05 Å². The van der Waals surface area contributed by atoms with Crippen molar-refractivity contribution in [3.63, 3.8) is 0 Å². The van der Waals surface area contributed by atoms with Crippen molar-refractivity contribution in [2.24, 2.45) is 0 Å². The molecule has 9 heteroatoms. The van der Waals surface area contributed by atoms with Gasteiger partial charge in [0.05, 0.1) is 5.75 Å². The van der Waals surface area contributed by atoms with Gasteiger partial charge in [0.1, 0.15) is 16.5 Å². The van der Waals surface area contributed by atoms with E-state index < -0.39 is 32.1 Å². The first-order chi connectivity index (χ1) is 16.2. The van der Waals surface area contributed by atoms with Crippen molar-refractivity contribution in [3.8, 4) is 20.9 Å². The van der Waals surface area contributed by atoms with Crippen molar-refractivity contribution in [1.82, 2.24) is 9.88 Å². The van der Waals surface area contributed by atoms with E-state index in [1.165, 1.54) is 17.5 Å². The van der Waals surface area contributed by atoms with Crippen molar-refractivity contribution in [2.45, 2.75) is 17.2 Å². The van der Waals surface area contributed by atoms with E-state index in [4.69, 9.17) is 0 Å². The first kappa shape index (κ1) is 22.4. The molecule has 0 saturated heterocycles. The lowest BCUT2D eigenvalue weighted by atomic mass is 10.1. The average molecular weight is 497 g/mol. The van der Waals surface area contributed by atoms with Crippen LogP contribution in [0, 0.1) is 11.6 Å². The lowest BCUT2D eigenvalue weighted by molar-refractivity contribution is 0.0816. The lowest BCUT2D eigenvalue weighted by Gasteiger charge is -2.07. The van der Waals surface area contributed by atoms with Gasteiger partial charge >= 0.3 is 0 Å². The van der Waals surface area contributed by atoms with Crippen LogP contribution in [-0.4, -0.2) is 31.3 Å². The molecular formula is C25H18F2N2O3S2. The third kappa shape index (κ3) is 4.12. The van der Waals surface area contributed by atoms with E-state index in [-0.39, 0.29) is 5.91 Å². The number of fused-ring (bicyclic) bond motifs is 1. The number of rotatable bonds is 5. The fourth-order valence-electron chi connectivity index (χ4n) is 3.99. The molecule has 34 heavy (non-hydrogen) atoms.